The molecule has 86 valence electrons. The standard InChI is InChI=1S/C10H19N3O2/c1-9-8-13(12-10(9)11)4-7-15-6-3-5-14-2/h8H,3-7H2,1-2H3,(H2,11,12). The first-order chi connectivity index (χ1) is 7.24. The van der Waals surface area contributed by atoms with E-state index < -0.39 is 0 Å². The third kappa shape index (κ3) is 4.31. The molecule has 0 bridgehead atoms. The summed E-state index contributed by atoms with van der Waals surface area (Å²) < 4.78 is 12.1. The molecule has 0 saturated heterocycles. The number of aromatic nitrogens is 2. The Labute approximate surface area is 90.2 Å². The summed E-state index contributed by atoms with van der Waals surface area (Å²) in [5.74, 6) is 0.592. The molecule has 1 rings (SSSR count). The maximum atomic E-state index is 5.62. The highest BCUT2D eigenvalue weighted by Gasteiger charge is 1.99. The predicted octanol–water partition coefficient (Wildman–Crippen LogP) is 0.827. The number of methoxy groups -OCH3 is 1. The lowest BCUT2D eigenvalue weighted by Crippen LogP contribution is -2.08. The summed E-state index contributed by atoms with van der Waals surface area (Å²) in [6, 6.07) is 0. The summed E-state index contributed by atoms with van der Waals surface area (Å²) in [6.07, 6.45) is 2.85. The quantitative estimate of drug-likeness (QED) is 0.681. The first-order valence-corrected chi connectivity index (χ1v) is 5.10. The topological polar surface area (TPSA) is 62.3 Å². The van der Waals surface area contributed by atoms with E-state index in [1.807, 2.05) is 13.1 Å². The van der Waals surface area contributed by atoms with Gasteiger partial charge in [-0.15, -0.1) is 0 Å². The highest BCUT2D eigenvalue weighted by molar-refractivity contribution is 5.35. The van der Waals surface area contributed by atoms with Gasteiger partial charge in [0.2, 0.25) is 0 Å². The maximum Gasteiger partial charge on any atom is 0.148 e. The molecule has 2 N–H and O–H groups in total. The second-order valence-electron chi connectivity index (χ2n) is 3.42. The Kier molecular flexibility index (Phi) is 5.14. The third-order valence-corrected chi connectivity index (χ3v) is 2.08. The van der Waals surface area contributed by atoms with Crippen LogP contribution in [0.2, 0.25) is 0 Å². The highest BCUT2D eigenvalue weighted by Crippen LogP contribution is 2.05. The number of nitrogen functional groups attached to an aromatic ring is 1. The lowest BCUT2D eigenvalue weighted by molar-refractivity contribution is 0.0961. The molecule has 15 heavy (non-hydrogen) atoms. The Bertz CT molecular complexity index is 267. The molecule has 0 aliphatic rings. The van der Waals surface area contributed by atoms with Gasteiger partial charge in [-0.05, 0) is 13.3 Å². The SMILES string of the molecule is COCCCOCCn1cc(C)c(N)n1. The van der Waals surface area contributed by atoms with Crippen molar-refractivity contribution in [2.24, 2.45) is 0 Å². The monoisotopic (exact) mass is 213 g/mol. The van der Waals surface area contributed by atoms with Crippen LogP contribution in [0.4, 0.5) is 5.82 Å². The minimum atomic E-state index is 0.592. The zero-order valence-corrected chi connectivity index (χ0v) is 9.40. The fourth-order valence-electron chi connectivity index (χ4n) is 1.22. The van der Waals surface area contributed by atoms with Crippen molar-refractivity contribution >= 4 is 5.82 Å². The van der Waals surface area contributed by atoms with E-state index in [4.69, 9.17) is 15.2 Å². The second kappa shape index (κ2) is 6.42. The molecule has 0 fully saturated rings. The molecule has 0 aliphatic carbocycles. The van der Waals surface area contributed by atoms with Gasteiger partial charge >= 0.3 is 0 Å². The summed E-state index contributed by atoms with van der Waals surface area (Å²) in [5.41, 5.74) is 6.63. The number of aryl methyl sites for hydroxylation is 1. The van der Waals surface area contributed by atoms with Crippen LogP contribution in [0, 0.1) is 6.92 Å². The Hall–Kier alpha value is -1.07. The van der Waals surface area contributed by atoms with E-state index in [0.29, 0.717) is 12.4 Å². The van der Waals surface area contributed by atoms with Crippen molar-refractivity contribution in [3.63, 3.8) is 0 Å². The Morgan fingerprint density at radius 2 is 2.20 bits per heavy atom. The van der Waals surface area contributed by atoms with Crippen molar-refractivity contribution in [3.8, 4) is 0 Å². The van der Waals surface area contributed by atoms with Gasteiger partial charge in [0.05, 0.1) is 13.2 Å². The average Bonchev–Trinajstić information content (AvgIpc) is 2.52. The van der Waals surface area contributed by atoms with E-state index >= 15 is 0 Å². The Morgan fingerprint density at radius 1 is 1.40 bits per heavy atom. The summed E-state index contributed by atoms with van der Waals surface area (Å²) in [5, 5.41) is 4.13. The zero-order valence-electron chi connectivity index (χ0n) is 9.40. The molecule has 5 nitrogen and oxygen atoms in total. The van der Waals surface area contributed by atoms with Crippen molar-refractivity contribution in [1.29, 1.82) is 0 Å². The van der Waals surface area contributed by atoms with Crippen LogP contribution in [-0.2, 0) is 16.0 Å². The van der Waals surface area contributed by atoms with Crippen molar-refractivity contribution in [2.45, 2.75) is 19.9 Å². The predicted molar refractivity (Wildman–Crippen MR) is 58.7 cm³/mol. The minimum absolute atomic E-state index is 0.592. The van der Waals surface area contributed by atoms with Crippen LogP contribution in [0.15, 0.2) is 6.20 Å². The van der Waals surface area contributed by atoms with Gasteiger partial charge in [-0.3, -0.25) is 4.68 Å². The number of anilines is 1. The minimum Gasteiger partial charge on any atom is -0.385 e. The van der Waals surface area contributed by atoms with Crippen molar-refractivity contribution in [3.05, 3.63) is 11.8 Å². The summed E-state index contributed by atoms with van der Waals surface area (Å²) in [4.78, 5) is 0. The first kappa shape index (κ1) is 12.0. The van der Waals surface area contributed by atoms with Gasteiger partial charge in [0.25, 0.3) is 0 Å². The van der Waals surface area contributed by atoms with Crippen molar-refractivity contribution < 1.29 is 9.47 Å². The number of nitrogens with two attached hydrogens (primary N) is 1. The molecule has 0 radical (unpaired) electrons. The van der Waals surface area contributed by atoms with Gasteiger partial charge in [-0.2, -0.15) is 5.10 Å². The van der Waals surface area contributed by atoms with E-state index in [1.165, 1.54) is 0 Å². The van der Waals surface area contributed by atoms with E-state index in [9.17, 15) is 0 Å². The second-order valence-corrected chi connectivity index (χ2v) is 3.42. The van der Waals surface area contributed by atoms with Crippen LogP contribution in [0.5, 0.6) is 0 Å². The third-order valence-electron chi connectivity index (χ3n) is 2.08. The first-order valence-electron chi connectivity index (χ1n) is 5.10. The normalized spacial score (nSPS) is 10.8. The fraction of sp³-hybridized carbons (Fsp3) is 0.700. The van der Waals surface area contributed by atoms with Gasteiger partial charge in [0.15, 0.2) is 0 Å². The lowest BCUT2D eigenvalue weighted by Gasteiger charge is -2.03. The molecule has 0 unspecified atom stereocenters. The van der Waals surface area contributed by atoms with E-state index in [0.717, 1.165) is 31.7 Å². The molecule has 1 heterocycles. The van der Waals surface area contributed by atoms with E-state index in [1.54, 1.807) is 11.8 Å². The van der Waals surface area contributed by atoms with Gasteiger partial charge in [0, 0.05) is 32.1 Å². The molecular weight excluding hydrogens is 194 g/mol. The van der Waals surface area contributed by atoms with Gasteiger partial charge in [-0.1, -0.05) is 0 Å². The highest BCUT2D eigenvalue weighted by atomic mass is 16.5. The number of ether oxygens (including phenoxy) is 2. The Balaban J connectivity index is 2.10. The van der Waals surface area contributed by atoms with Gasteiger partial charge < -0.3 is 15.2 Å². The summed E-state index contributed by atoms with van der Waals surface area (Å²) >= 11 is 0. The van der Waals surface area contributed by atoms with Gasteiger partial charge in [-0.25, -0.2) is 0 Å². The largest absolute Gasteiger partial charge is 0.385 e. The maximum absolute atomic E-state index is 5.62. The molecule has 0 saturated carbocycles. The molecule has 0 aromatic carbocycles. The zero-order chi connectivity index (χ0) is 11.1. The number of rotatable bonds is 7. The van der Waals surface area contributed by atoms with Crippen molar-refractivity contribution in [2.75, 3.05) is 32.7 Å². The van der Waals surface area contributed by atoms with Gasteiger partial charge in [0.1, 0.15) is 5.82 Å². The summed E-state index contributed by atoms with van der Waals surface area (Å²) in [7, 11) is 1.69. The smallest absolute Gasteiger partial charge is 0.148 e. The fourth-order valence-corrected chi connectivity index (χ4v) is 1.22. The molecule has 5 heteroatoms. The molecule has 0 atom stereocenters. The molecule has 0 amide bonds. The molecule has 0 spiro atoms. The van der Waals surface area contributed by atoms with E-state index in [2.05, 4.69) is 5.10 Å². The van der Waals surface area contributed by atoms with Crippen LogP contribution in [0.1, 0.15) is 12.0 Å². The number of hydrogen-bond donors (Lipinski definition) is 1. The van der Waals surface area contributed by atoms with E-state index in [-0.39, 0.29) is 0 Å². The molecule has 0 aliphatic heterocycles. The molecule has 1 aromatic rings. The summed E-state index contributed by atoms with van der Waals surface area (Å²) in [6.45, 7) is 4.81. The van der Waals surface area contributed by atoms with Crippen LogP contribution in [0.3, 0.4) is 0 Å². The average molecular weight is 213 g/mol. The van der Waals surface area contributed by atoms with Crippen LogP contribution in [-0.4, -0.2) is 36.7 Å². The van der Waals surface area contributed by atoms with Crippen LogP contribution < -0.4 is 5.73 Å². The number of nitrogens with zero attached hydrogens (tertiary/aromatic N) is 2. The lowest BCUT2D eigenvalue weighted by atomic mass is 10.4. The number of hydrogen-bond acceptors (Lipinski definition) is 4. The molecule has 1 aromatic heterocycles. The van der Waals surface area contributed by atoms with Crippen molar-refractivity contribution in [1.82, 2.24) is 9.78 Å². The molecular formula is C10H19N3O2. The Morgan fingerprint density at radius 3 is 2.80 bits per heavy atom. The van der Waals surface area contributed by atoms with Crippen LogP contribution in [0.25, 0.3) is 0 Å². The van der Waals surface area contributed by atoms with Crippen LogP contribution >= 0.6 is 0 Å².